The zero-order chi connectivity index (χ0) is 37.5. The van der Waals surface area contributed by atoms with Crippen molar-refractivity contribution in [2.45, 2.75) is 97.3 Å². The van der Waals surface area contributed by atoms with Crippen LogP contribution in [0.3, 0.4) is 0 Å². The number of aldehydes is 1. The summed E-state index contributed by atoms with van der Waals surface area (Å²) in [4.78, 5) is 64.4. The standard InChI is InChI=1S/C46H54N4O4/c1-4-6-8-10-12-26-50-45(53)34-20-18-32-40-36(48-22-13-14-23-48)27-30(29-51)38-33(44(52)47(3)21-11-9-7-5-2)19-17-31(42(38)40)41-37(49-24-15-16-25-49)28-35(46(50)54)39(34)43(32)41/h17-20,27-29H,4-16,21-26H2,1-3H3. The molecule has 0 unspecified atom stereocenters. The molecule has 8 heteroatoms. The van der Waals surface area contributed by atoms with Crippen molar-refractivity contribution in [3.05, 3.63) is 58.7 Å². The second-order valence-corrected chi connectivity index (χ2v) is 16.0. The number of hydrogen-bond donors (Lipinski definition) is 0. The fourth-order valence-electron chi connectivity index (χ4n) is 9.67. The number of rotatable bonds is 15. The largest absolute Gasteiger partial charge is 0.371 e. The third kappa shape index (κ3) is 5.97. The van der Waals surface area contributed by atoms with E-state index < -0.39 is 0 Å². The summed E-state index contributed by atoms with van der Waals surface area (Å²) in [5, 5.41) is 7.22. The summed E-state index contributed by atoms with van der Waals surface area (Å²) in [6.07, 6.45) is 14.6. The van der Waals surface area contributed by atoms with E-state index in [1.165, 1.54) is 4.90 Å². The van der Waals surface area contributed by atoms with Gasteiger partial charge in [-0.05, 0) is 73.6 Å². The lowest BCUT2D eigenvalue weighted by Crippen LogP contribution is -2.41. The van der Waals surface area contributed by atoms with Crippen LogP contribution in [-0.2, 0) is 0 Å². The lowest BCUT2D eigenvalue weighted by atomic mass is 9.81. The van der Waals surface area contributed by atoms with E-state index in [0.29, 0.717) is 40.7 Å². The average molecular weight is 727 g/mol. The van der Waals surface area contributed by atoms with Crippen LogP contribution in [0.1, 0.15) is 139 Å². The van der Waals surface area contributed by atoms with Gasteiger partial charge in [-0.15, -0.1) is 0 Å². The molecule has 0 aromatic heterocycles. The predicted octanol–water partition coefficient (Wildman–Crippen LogP) is 9.97. The molecule has 3 heterocycles. The summed E-state index contributed by atoms with van der Waals surface area (Å²) in [5.41, 5.74) is 4.23. The molecule has 8 rings (SSSR count). The second kappa shape index (κ2) is 15.2. The number of amides is 3. The van der Waals surface area contributed by atoms with Gasteiger partial charge in [0.15, 0.2) is 6.29 Å². The summed E-state index contributed by atoms with van der Waals surface area (Å²) >= 11 is 0. The number of anilines is 2. The Morgan fingerprint density at radius 1 is 0.648 bits per heavy atom. The third-order valence-corrected chi connectivity index (χ3v) is 12.5. The number of imide groups is 1. The fourth-order valence-corrected chi connectivity index (χ4v) is 9.67. The Labute approximate surface area is 318 Å². The number of fused-ring (bicyclic) bond motifs is 2. The Morgan fingerprint density at radius 3 is 1.83 bits per heavy atom. The summed E-state index contributed by atoms with van der Waals surface area (Å²) in [6.45, 7) is 8.96. The normalized spacial score (nSPS) is 16.0. The van der Waals surface area contributed by atoms with Crippen LogP contribution >= 0.6 is 0 Å². The van der Waals surface area contributed by atoms with Crippen molar-refractivity contribution in [1.29, 1.82) is 0 Å². The van der Waals surface area contributed by atoms with Gasteiger partial charge in [-0.25, -0.2) is 0 Å². The molecular formula is C46H54N4O4. The second-order valence-electron chi connectivity index (χ2n) is 16.0. The molecule has 3 amide bonds. The third-order valence-electron chi connectivity index (χ3n) is 12.5. The smallest absolute Gasteiger partial charge is 0.261 e. The van der Waals surface area contributed by atoms with Crippen LogP contribution < -0.4 is 9.80 Å². The van der Waals surface area contributed by atoms with Gasteiger partial charge >= 0.3 is 0 Å². The van der Waals surface area contributed by atoms with Gasteiger partial charge in [0.1, 0.15) is 0 Å². The van der Waals surface area contributed by atoms with E-state index in [-0.39, 0.29) is 17.7 Å². The molecule has 8 nitrogen and oxygen atoms in total. The van der Waals surface area contributed by atoms with Crippen molar-refractivity contribution in [2.24, 2.45) is 0 Å². The molecule has 282 valence electrons. The first kappa shape index (κ1) is 36.3. The maximum atomic E-state index is 14.5. The molecule has 2 saturated heterocycles. The van der Waals surface area contributed by atoms with Gasteiger partial charge in [0.05, 0.1) is 5.56 Å². The summed E-state index contributed by atoms with van der Waals surface area (Å²) in [6, 6.07) is 12.1. The van der Waals surface area contributed by atoms with Crippen molar-refractivity contribution < 1.29 is 19.2 Å². The number of unbranched alkanes of at least 4 members (excludes halogenated alkanes) is 7. The van der Waals surface area contributed by atoms with E-state index >= 15 is 0 Å². The van der Waals surface area contributed by atoms with Crippen LogP contribution in [0.5, 0.6) is 0 Å². The molecule has 54 heavy (non-hydrogen) atoms. The van der Waals surface area contributed by atoms with Gasteiger partial charge in [-0.3, -0.25) is 24.1 Å². The molecule has 2 fully saturated rings. The average Bonchev–Trinajstić information content (AvgIpc) is 3.94. The summed E-state index contributed by atoms with van der Waals surface area (Å²) < 4.78 is 0. The lowest BCUT2D eigenvalue weighted by Gasteiger charge is -2.32. The molecule has 0 spiro atoms. The van der Waals surface area contributed by atoms with E-state index in [2.05, 4.69) is 41.8 Å². The van der Waals surface area contributed by atoms with Crippen LogP contribution in [0.15, 0.2) is 36.4 Å². The summed E-state index contributed by atoms with van der Waals surface area (Å²) in [7, 11) is 1.87. The Balaban J connectivity index is 1.42. The van der Waals surface area contributed by atoms with Crippen LogP contribution in [-0.4, -0.2) is 80.1 Å². The minimum absolute atomic E-state index is 0.0807. The van der Waals surface area contributed by atoms with Crippen molar-refractivity contribution in [3.63, 3.8) is 0 Å². The van der Waals surface area contributed by atoms with Gasteiger partial charge in [0, 0.05) is 107 Å². The Morgan fingerprint density at radius 2 is 1.20 bits per heavy atom. The zero-order valence-electron chi connectivity index (χ0n) is 32.4. The van der Waals surface area contributed by atoms with Crippen LogP contribution in [0.25, 0.3) is 43.1 Å². The van der Waals surface area contributed by atoms with Gasteiger partial charge in [0.25, 0.3) is 17.7 Å². The maximum Gasteiger partial charge on any atom is 0.261 e. The van der Waals surface area contributed by atoms with E-state index in [0.717, 1.165) is 165 Å². The maximum absolute atomic E-state index is 14.5. The molecular weight excluding hydrogens is 673 g/mol. The van der Waals surface area contributed by atoms with Gasteiger partial charge in [-0.1, -0.05) is 70.9 Å². The summed E-state index contributed by atoms with van der Waals surface area (Å²) in [5.74, 6) is -0.505. The Bertz CT molecular complexity index is 2270. The molecule has 0 saturated carbocycles. The molecule has 0 bridgehead atoms. The zero-order valence-corrected chi connectivity index (χ0v) is 32.4. The van der Waals surface area contributed by atoms with Crippen molar-refractivity contribution in [3.8, 4) is 0 Å². The number of carbonyl (C=O) groups is 4. The molecule has 5 aromatic carbocycles. The first-order valence-corrected chi connectivity index (χ1v) is 20.7. The SMILES string of the molecule is CCCCCCCN1C(=O)c2ccc3c4c(N5CCCC5)cc(C=O)c5c(C(=O)N(C)CCCCCC)ccc(c6c(N7CCCC7)cc(c2c36)C1=O)c54. The molecule has 3 aliphatic rings. The van der Waals surface area contributed by atoms with E-state index in [4.69, 9.17) is 0 Å². The van der Waals surface area contributed by atoms with Gasteiger partial charge in [0.2, 0.25) is 0 Å². The number of hydrogen-bond acceptors (Lipinski definition) is 6. The van der Waals surface area contributed by atoms with Crippen molar-refractivity contribution >= 4 is 78.5 Å². The number of nitrogens with zero attached hydrogens (tertiary/aromatic N) is 4. The van der Waals surface area contributed by atoms with Crippen molar-refractivity contribution in [2.75, 3.05) is 56.1 Å². The minimum atomic E-state index is -0.218. The first-order chi connectivity index (χ1) is 26.4. The highest BCUT2D eigenvalue weighted by atomic mass is 16.2. The van der Waals surface area contributed by atoms with Crippen molar-refractivity contribution in [1.82, 2.24) is 9.80 Å². The number of benzene rings is 5. The molecule has 5 aromatic rings. The molecule has 0 N–H and O–H groups in total. The Hall–Kier alpha value is -4.72. The topological polar surface area (TPSA) is 81.2 Å². The van der Waals surface area contributed by atoms with Crippen LogP contribution in [0, 0.1) is 0 Å². The minimum Gasteiger partial charge on any atom is -0.371 e. The monoisotopic (exact) mass is 726 g/mol. The quantitative estimate of drug-likeness (QED) is 0.0351. The molecule has 0 aliphatic carbocycles. The fraction of sp³-hybridized carbons (Fsp3) is 0.478. The highest BCUT2D eigenvalue weighted by Gasteiger charge is 2.37. The van der Waals surface area contributed by atoms with E-state index in [9.17, 15) is 19.2 Å². The van der Waals surface area contributed by atoms with E-state index in [1.54, 1.807) is 4.90 Å². The Kier molecular flexibility index (Phi) is 10.2. The van der Waals surface area contributed by atoms with Gasteiger partial charge in [-0.2, -0.15) is 0 Å². The highest BCUT2D eigenvalue weighted by Crippen LogP contribution is 2.51. The number of carbonyl (C=O) groups excluding carboxylic acids is 4. The molecule has 3 aliphatic heterocycles. The van der Waals surface area contributed by atoms with Gasteiger partial charge < -0.3 is 14.7 Å². The first-order valence-electron chi connectivity index (χ1n) is 20.7. The van der Waals surface area contributed by atoms with E-state index in [1.807, 2.05) is 25.2 Å². The molecule has 0 radical (unpaired) electrons. The predicted molar refractivity (Wildman–Crippen MR) is 221 cm³/mol. The molecule has 0 atom stereocenters. The van der Waals surface area contributed by atoms with Crippen LogP contribution in [0.2, 0.25) is 0 Å². The highest BCUT2D eigenvalue weighted by molar-refractivity contribution is 6.43. The van der Waals surface area contributed by atoms with Crippen LogP contribution in [0.4, 0.5) is 11.4 Å². The lowest BCUT2D eigenvalue weighted by molar-refractivity contribution is 0.0607.